The van der Waals surface area contributed by atoms with E-state index < -0.39 is 0 Å². The van der Waals surface area contributed by atoms with Gasteiger partial charge in [0.25, 0.3) is 0 Å². The Kier molecular flexibility index (Phi) is 5.37. The van der Waals surface area contributed by atoms with E-state index in [2.05, 4.69) is 15.1 Å². The largest absolute Gasteiger partial charge is 0.497 e. The maximum Gasteiger partial charge on any atom is 0.245 e. The number of benzene rings is 2. The molecule has 0 bridgehead atoms. The van der Waals surface area contributed by atoms with Crippen LogP contribution in [0.5, 0.6) is 11.5 Å². The summed E-state index contributed by atoms with van der Waals surface area (Å²) in [5, 5.41) is 8.99. The fourth-order valence-corrected chi connectivity index (χ4v) is 3.39. The number of methoxy groups -OCH3 is 1. The molecule has 1 saturated heterocycles. The van der Waals surface area contributed by atoms with Crippen molar-refractivity contribution in [1.29, 1.82) is 0 Å². The lowest BCUT2D eigenvalue weighted by atomic mass is 10.0. The lowest BCUT2D eigenvalue weighted by molar-refractivity contribution is 0.340. The third kappa shape index (κ3) is 3.76. The first kappa shape index (κ1) is 18.2. The summed E-state index contributed by atoms with van der Waals surface area (Å²) in [5.74, 6) is 2.35. The molecule has 0 unspecified atom stereocenters. The Morgan fingerprint density at radius 2 is 1.43 bits per heavy atom. The van der Waals surface area contributed by atoms with Crippen LogP contribution in [-0.2, 0) is 0 Å². The van der Waals surface area contributed by atoms with Gasteiger partial charge in [-0.2, -0.15) is 0 Å². The standard InChI is InChI=1S/C22H24N4O2/c1-3-28-19-12-8-17(9-13-19)21-20(16-6-10-18(27-2)11-7-16)23-22(25-24-21)26-14-4-5-15-26/h6-13H,3-5,14-15H2,1-2H3. The highest BCUT2D eigenvalue weighted by Gasteiger charge is 2.19. The van der Waals surface area contributed by atoms with E-state index in [1.165, 1.54) is 12.8 Å². The molecule has 6 nitrogen and oxygen atoms in total. The van der Waals surface area contributed by atoms with Crippen molar-refractivity contribution in [3.8, 4) is 34.0 Å². The van der Waals surface area contributed by atoms with Crippen LogP contribution >= 0.6 is 0 Å². The quantitative estimate of drug-likeness (QED) is 0.642. The smallest absolute Gasteiger partial charge is 0.245 e. The van der Waals surface area contributed by atoms with Crippen molar-refractivity contribution in [3.05, 3.63) is 48.5 Å². The number of hydrogen-bond donors (Lipinski definition) is 0. The third-order valence-corrected chi connectivity index (χ3v) is 4.87. The van der Waals surface area contributed by atoms with Gasteiger partial charge >= 0.3 is 0 Å². The molecule has 0 amide bonds. The number of ether oxygens (including phenoxy) is 2. The van der Waals surface area contributed by atoms with Gasteiger partial charge < -0.3 is 14.4 Å². The second-order valence-corrected chi connectivity index (χ2v) is 6.69. The molecule has 0 spiro atoms. The fourth-order valence-electron chi connectivity index (χ4n) is 3.39. The Labute approximate surface area is 165 Å². The highest BCUT2D eigenvalue weighted by molar-refractivity contribution is 5.78. The van der Waals surface area contributed by atoms with E-state index in [1.54, 1.807) is 7.11 Å². The van der Waals surface area contributed by atoms with Gasteiger partial charge in [-0.1, -0.05) is 0 Å². The van der Waals surface area contributed by atoms with Crippen molar-refractivity contribution >= 4 is 5.95 Å². The second kappa shape index (κ2) is 8.25. The van der Waals surface area contributed by atoms with Gasteiger partial charge in [-0.25, -0.2) is 4.98 Å². The third-order valence-electron chi connectivity index (χ3n) is 4.87. The lowest BCUT2D eigenvalue weighted by Gasteiger charge is -2.17. The maximum atomic E-state index is 5.55. The zero-order valence-corrected chi connectivity index (χ0v) is 16.3. The number of nitrogens with zero attached hydrogens (tertiary/aromatic N) is 4. The Balaban J connectivity index is 1.77. The van der Waals surface area contributed by atoms with Crippen molar-refractivity contribution in [2.24, 2.45) is 0 Å². The molecule has 3 aromatic rings. The second-order valence-electron chi connectivity index (χ2n) is 6.69. The zero-order chi connectivity index (χ0) is 19.3. The highest BCUT2D eigenvalue weighted by atomic mass is 16.5. The number of hydrogen-bond acceptors (Lipinski definition) is 6. The van der Waals surface area contributed by atoms with Gasteiger partial charge in [-0.3, -0.25) is 0 Å². The van der Waals surface area contributed by atoms with E-state index >= 15 is 0 Å². The molecule has 6 heteroatoms. The summed E-state index contributed by atoms with van der Waals surface area (Å²) in [5.41, 5.74) is 3.53. The average Bonchev–Trinajstić information content (AvgIpc) is 3.29. The SMILES string of the molecule is CCOc1ccc(-c2nnc(N3CCCC3)nc2-c2ccc(OC)cc2)cc1. The van der Waals surface area contributed by atoms with Crippen LogP contribution in [0.25, 0.3) is 22.5 Å². The molecule has 1 aliphatic heterocycles. The van der Waals surface area contributed by atoms with Crippen LogP contribution in [0, 0.1) is 0 Å². The topological polar surface area (TPSA) is 60.4 Å². The summed E-state index contributed by atoms with van der Waals surface area (Å²) in [7, 11) is 1.66. The van der Waals surface area contributed by atoms with Crippen LogP contribution < -0.4 is 14.4 Å². The van der Waals surface area contributed by atoms with E-state index in [-0.39, 0.29) is 0 Å². The molecular weight excluding hydrogens is 352 g/mol. The molecule has 2 heterocycles. The predicted molar refractivity (Wildman–Crippen MR) is 110 cm³/mol. The van der Waals surface area contributed by atoms with Crippen molar-refractivity contribution < 1.29 is 9.47 Å². The monoisotopic (exact) mass is 376 g/mol. The molecule has 1 fully saturated rings. The molecule has 1 aliphatic rings. The lowest BCUT2D eigenvalue weighted by Crippen LogP contribution is -2.21. The van der Waals surface area contributed by atoms with Gasteiger partial charge in [0, 0.05) is 24.2 Å². The first-order chi connectivity index (χ1) is 13.8. The van der Waals surface area contributed by atoms with E-state index in [4.69, 9.17) is 14.5 Å². The van der Waals surface area contributed by atoms with Crippen LogP contribution in [0.15, 0.2) is 48.5 Å². The summed E-state index contributed by atoms with van der Waals surface area (Å²) in [4.78, 5) is 7.09. The Morgan fingerprint density at radius 1 is 0.821 bits per heavy atom. The van der Waals surface area contributed by atoms with Crippen molar-refractivity contribution in [1.82, 2.24) is 15.2 Å². The Hall–Kier alpha value is -3.15. The fraction of sp³-hybridized carbons (Fsp3) is 0.318. The minimum atomic E-state index is 0.641. The molecule has 0 N–H and O–H groups in total. The molecule has 0 aliphatic carbocycles. The average molecular weight is 376 g/mol. The highest BCUT2D eigenvalue weighted by Crippen LogP contribution is 2.32. The van der Waals surface area contributed by atoms with Gasteiger partial charge in [0.1, 0.15) is 22.9 Å². The van der Waals surface area contributed by atoms with Gasteiger partial charge in [0.05, 0.1) is 13.7 Å². The number of anilines is 1. The number of rotatable bonds is 6. The van der Waals surface area contributed by atoms with Crippen LogP contribution in [0.2, 0.25) is 0 Å². The van der Waals surface area contributed by atoms with Gasteiger partial charge in [0.2, 0.25) is 5.95 Å². The van der Waals surface area contributed by atoms with E-state index in [0.717, 1.165) is 47.1 Å². The summed E-state index contributed by atoms with van der Waals surface area (Å²) in [6.45, 7) is 4.57. The van der Waals surface area contributed by atoms with Crippen LogP contribution in [0.3, 0.4) is 0 Å². The predicted octanol–water partition coefficient (Wildman–Crippen LogP) is 4.21. The molecular formula is C22H24N4O2. The normalized spacial score (nSPS) is 13.6. The van der Waals surface area contributed by atoms with Crippen molar-refractivity contribution in [2.75, 3.05) is 31.7 Å². The van der Waals surface area contributed by atoms with Gasteiger partial charge in [0.15, 0.2) is 0 Å². The zero-order valence-electron chi connectivity index (χ0n) is 16.3. The molecule has 0 atom stereocenters. The summed E-state index contributed by atoms with van der Waals surface area (Å²) >= 11 is 0. The Bertz CT molecular complexity index is 920. The minimum Gasteiger partial charge on any atom is -0.497 e. The molecule has 1 aromatic heterocycles. The Morgan fingerprint density at radius 3 is 2.04 bits per heavy atom. The maximum absolute atomic E-state index is 5.55. The molecule has 0 radical (unpaired) electrons. The first-order valence-corrected chi connectivity index (χ1v) is 9.66. The van der Waals surface area contributed by atoms with Crippen molar-refractivity contribution in [3.63, 3.8) is 0 Å². The van der Waals surface area contributed by atoms with Crippen LogP contribution in [0.4, 0.5) is 5.95 Å². The minimum absolute atomic E-state index is 0.641. The summed E-state index contributed by atoms with van der Waals surface area (Å²) < 4.78 is 10.8. The summed E-state index contributed by atoms with van der Waals surface area (Å²) in [6, 6.07) is 15.8. The van der Waals surface area contributed by atoms with E-state index in [1.807, 2.05) is 55.5 Å². The van der Waals surface area contributed by atoms with E-state index in [9.17, 15) is 0 Å². The number of aromatic nitrogens is 3. The molecule has 4 rings (SSSR count). The van der Waals surface area contributed by atoms with Crippen LogP contribution in [0.1, 0.15) is 19.8 Å². The van der Waals surface area contributed by atoms with E-state index in [0.29, 0.717) is 12.6 Å². The first-order valence-electron chi connectivity index (χ1n) is 9.66. The van der Waals surface area contributed by atoms with Gasteiger partial charge in [-0.05, 0) is 68.3 Å². The molecule has 28 heavy (non-hydrogen) atoms. The van der Waals surface area contributed by atoms with Gasteiger partial charge in [-0.15, -0.1) is 10.2 Å². The molecule has 2 aromatic carbocycles. The van der Waals surface area contributed by atoms with Crippen LogP contribution in [-0.4, -0.2) is 42.0 Å². The molecule has 0 saturated carbocycles. The van der Waals surface area contributed by atoms with Crippen molar-refractivity contribution in [2.45, 2.75) is 19.8 Å². The molecule has 144 valence electrons. The summed E-state index contributed by atoms with van der Waals surface area (Å²) in [6.07, 6.45) is 2.34.